The molecule has 3 rings (SSSR count). The number of hydrogen-bond donors (Lipinski definition) is 3. The largest absolute Gasteiger partial charge is 0.396 e. The summed E-state index contributed by atoms with van der Waals surface area (Å²) >= 11 is 0. The van der Waals surface area contributed by atoms with Gasteiger partial charge in [0.1, 0.15) is 0 Å². The van der Waals surface area contributed by atoms with Gasteiger partial charge in [0.2, 0.25) is 0 Å². The van der Waals surface area contributed by atoms with Gasteiger partial charge < -0.3 is 15.7 Å². The van der Waals surface area contributed by atoms with Gasteiger partial charge in [0.25, 0.3) is 0 Å². The third kappa shape index (κ3) is 2.35. The van der Waals surface area contributed by atoms with Crippen LogP contribution in [0.4, 0.5) is 4.79 Å². The van der Waals surface area contributed by atoms with Crippen LogP contribution in [0.15, 0.2) is 0 Å². The fraction of sp³-hybridized carbons (Fsp3) is 0.933. The fourth-order valence-electron chi connectivity index (χ4n) is 4.05. The second-order valence-electron chi connectivity index (χ2n) is 7.94. The van der Waals surface area contributed by atoms with Crippen LogP contribution in [0.2, 0.25) is 0 Å². The van der Waals surface area contributed by atoms with E-state index >= 15 is 0 Å². The van der Waals surface area contributed by atoms with Crippen molar-refractivity contribution in [3.8, 4) is 0 Å². The summed E-state index contributed by atoms with van der Waals surface area (Å²) in [6, 6.07) is 0.245. The molecular weight excluding hydrogens is 240 g/mol. The predicted octanol–water partition coefficient (Wildman–Crippen LogP) is 2.03. The highest BCUT2D eigenvalue weighted by molar-refractivity contribution is 5.74. The quantitative estimate of drug-likeness (QED) is 0.729. The third-order valence-corrected chi connectivity index (χ3v) is 5.69. The molecule has 3 N–H and O–H groups in total. The zero-order valence-electron chi connectivity index (χ0n) is 12.1. The Balaban J connectivity index is 1.42. The van der Waals surface area contributed by atoms with Crippen LogP contribution in [0.5, 0.6) is 0 Å². The van der Waals surface area contributed by atoms with E-state index < -0.39 is 0 Å². The maximum absolute atomic E-state index is 11.8. The molecule has 0 saturated heterocycles. The van der Waals surface area contributed by atoms with Crippen LogP contribution in [0.1, 0.15) is 52.4 Å². The molecule has 0 aromatic carbocycles. The molecule has 3 saturated carbocycles. The summed E-state index contributed by atoms with van der Waals surface area (Å²) in [5.74, 6) is 0. The van der Waals surface area contributed by atoms with Crippen LogP contribution in [-0.4, -0.2) is 30.3 Å². The molecule has 0 bridgehead atoms. The first-order chi connectivity index (χ1) is 8.89. The van der Waals surface area contributed by atoms with Crippen LogP contribution in [0.25, 0.3) is 0 Å². The average Bonchev–Trinajstić information content (AvgIpc) is 2.82. The van der Waals surface area contributed by atoms with Crippen molar-refractivity contribution >= 4 is 6.03 Å². The maximum atomic E-state index is 11.8. The van der Waals surface area contributed by atoms with Crippen molar-refractivity contribution in [2.75, 3.05) is 13.2 Å². The summed E-state index contributed by atoms with van der Waals surface area (Å²) in [5, 5.41) is 15.6. The third-order valence-electron chi connectivity index (χ3n) is 5.69. The van der Waals surface area contributed by atoms with Gasteiger partial charge in [-0.1, -0.05) is 20.3 Å². The summed E-state index contributed by atoms with van der Waals surface area (Å²) in [5.41, 5.74) is 0.745. The molecule has 3 fully saturated rings. The summed E-state index contributed by atoms with van der Waals surface area (Å²) in [6.07, 6.45) is 7.21. The molecule has 0 heterocycles. The lowest BCUT2D eigenvalue weighted by molar-refractivity contribution is -0.117. The number of hydrogen-bond acceptors (Lipinski definition) is 2. The molecular formula is C15H26N2O2. The lowest BCUT2D eigenvalue weighted by atomic mass is 9.45. The molecule has 2 amide bonds. The van der Waals surface area contributed by atoms with Crippen LogP contribution in [-0.2, 0) is 0 Å². The SMILES string of the molecule is CC1(C)CC1NC(=O)NCC1(CO)CC2(CCC2)C1. The number of amides is 2. The second-order valence-corrected chi connectivity index (χ2v) is 7.94. The molecule has 3 aliphatic carbocycles. The van der Waals surface area contributed by atoms with Gasteiger partial charge in [-0.15, -0.1) is 0 Å². The number of rotatable bonds is 4. The maximum Gasteiger partial charge on any atom is 0.315 e. The number of carbonyl (C=O) groups is 1. The van der Waals surface area contributed by atoms with Crippen LogP contribution in [0, 0.1) is 16.2 Å². The van der Waals surface area contributed by atoms with Crippen molar-refractivity contribution in [1.29, 1.82) is 0 Å². The summed E-state index contributed by atoms with van der Waals surface area (Å²) < 4.78 is 0. The minimum atomic E-state index is -0.0713. The fourth-order valence-corrected chi connectivity index (χ4v) is 4.05. The van der Waals surface area contributed by atoms with E-state index in [4.69, 9.17) is 0 Å². The van der Waals surface area contributed by atoms with Crippen molar-refractivity contribution in [3.63, 3.8) is 0 Å². The highest BCUT2D eigenvalue weighted by Gasteiger charge is 2.56. The van der Waals surface area contributed by atoms with E-state index in [2.05, 4.69) is 24.5 Å². The molecule has 0 aromatic heterocycles. The van der Waals surface area contributed by atoms with Gasteiger partial charge in [0, 0.05) is 18.0 Å². The van der Waals surface area contributed by atoms with Crippen molar-refractivity contribution in [2.45, 2.75) is 58.4 Å². The molecule has 0 radical (unpaired) electrons. The lowest BCUT2D eigenvalue weighted by Gasteiger charge is -2.60. The second kappa shape index (κ2) is 4.11. The van der Waals surface area contributed by atoms with Gasteiger partial charge >= 0.3 is 6.03 Å². The van der Waals surface area contributed by atoms with Crippen molar-refractivity contribution < 1.29 is 9.90 Å². The first-order valence-corrected chi connectivity index (χ1v) is 7.54. The molecule has 1 unspecified atom stereocenters. The number of aliphatic hydroxyl groups excluding tert-OH is 1. The van der Waals surface area contributed by atoms with E-state index in [1.54, 1.807) is 0 Å². The minimum absolute atomic E-state index is 0.0448. The Hall–Kier alpha value is -0.770. The number of aliphatic hydroxyl groups is 1. The highest BCUT2D eigenvalue weighted by atomic mass is 16.3. The van der Waals surface area contributed by atoms with Crippen molar-refractivity contribution in [2.24, 2.45) is 16.2 Å². The van der Waals surface area contributed by atoms with E-state index in [-0.39, 0.29) is 23.5 Å². The number of nitrogens with one attached hydrogen (secondary N) is 2. The predicted molar refractivity (Wildman–Crippen MR) is 73.8 cm³/mol. The number of carbonyl (C=O) groups excluding carboxylic acids is 1. The minimum Gasteiger partial charge on any atom is -0.396 e. The Labute approximate surface area is 115 Å². The molecule has 108 valence electrons. The van der Waals surface area contributed by atoms with Gasteiger partial charge in [-0.3, -0.25) is 0 Å². The molecule has 3 aliphatic rings. The normalized spacial score (nSPS) is 32.1. The van der Waals surface area contributed by atoms with E-state index in [1.807, 2.05) is 0 Å². The van der Waals surface area contributed by atoms with Crippen molar-refractivity contribution in [3.05, 3.63) is 0 Å². The van der Waals surface area contributed by atoms with Crippen LogP contribution < -0.4 is 10.6 Å². The van der Waals surface area contributed by atoms with Crippen LogP contribution in [0.3, 0.4) is 0 Å². The monoisotopic (exact) mass is 266 g/mol. The van der Waals surface area contributed by atoms with Gasteiger partial charge in [-0.2, -0.15) is 0 Å². The highest BCUT2D eigenvalue weighted by Crippen LogP contribution is 2.64. The van der Waals surface area contributed by atoms with Gasteiger partial charge in [0.15, 0.2) is 0 Å². The first kappa shape index (κ1) is 13.2. The van der Waals surface area contributed by atoms with E-state index in [0.717, 1.165) is 19.3 Å². The summed E-state index contributed by atoms with van der Waals surface area (Å²) in [4.78, 5) is 11.8. The first-order valence-electron chi connectivity index (χ1n) is 7.54. The average molecular weight is 266 g/mol. The Kier molecular flexibility index (Phi) is 2.86. The van der Waals surface area contributed by atoms with E-state index in [9.17, 15) is 9.90 Å². The van der Waals surface area contributed by atoms with E-state index in [1.165, 1.54) is 19.3 Å². The topological polar surface area (TPSA) is 61.4 Å². The molecule has 0 aliphatic heterocycles. The number of urea groups is 1. The molecule has 19 heavy (non-hydrogen) atoms. The molecule has 1 atom stereocenters. The van der Waals surface area contributed by atoms with Gasteiger partial charge in [0.05, 0.1) is 6.61 Å². The van der Waals surface area contributed by atoms with Crippen molar-refractivity contribution in [1.82, 2.24) is 10.6 Å². The molecule has 4 heteroatoms. The summed E-state index contributed by atoms with van der Waals surface area (Å²) in [6.45, 7) is 5.15. The zero-order chi connectivity index (χ0) is 13.7. The Morgan fingerprint density at radius 2 is 1.95 bits per heavy atom. The molecule has 0 aromatic rings. The van der Waals surface area contributed by atoms with E-state index in [0.29, 0.717) is 18.0 Å². The van der Waals surface area contributed by atoms with Gasteiger partial charge in [-0.05, 0) is 42.9 Å². The summed E-state index contributed by atoms with van der Waals surface area (Å²) in [7, 11) is 0. The van der Waals surface area contributed by atoms with Crippen LogP contribution >= 0.6 is 0 Å². The Morgan fingerprint density at radius 1 is 1.32 bits per heavy atom. The standard InChI is InChI=1S/C15H26N2O2/c1-13(2)6-11(13)17-12(19)16-9-15(10-18)7-14(8-15)4-3-5-14/h11,18H,3-10H2,1-2H3,(H2,16,17,19). The molecule has 1 spiro atoms. The zero-order valence-corrected chi connectivity index (χ0v) is 12.1. The lowest BCUT2D eigenvalue weighted by Crippen LogP contribution is -2.57. The molecule has 4 nitrogen and oxygen atoms in total. The smallest absolute Gasteiger partial charge is 0.315 e. The Morgan fingerprint density at radius 3 is 2.37 bits per heavy atom. The Bertz CT molecular complexity index is 380. The van der Waals surface area contributed by atoms with Gasteiger partial charge in [-0.25, -0.2) is 4.79 Å².